The summed E-state index contributed by atoms with van der Waals surface area (Å²) in [4.78, 5) is 17.1. The maximum Gasteiger partial charge on any atom is 0.256 e. The molecule has 2 aromatic carbocycles. The van der Waals surface area contributed by atoms with Crippen LogP contribution >= 0.6 is 11.6 Å². The first-order valence-electron chi connectivity index (χ1n) is 7.51. The molecule has 0 radical (unpaired) electrons. The normalized spacial score (nSPS) is 10.4. The average Bonchev–Trinajstić information content (AvgIpc) is 3.12. The molecule has 0 aliphatic heterocycles. The van der Waals surface area contributed by atoms with Crippen molar-refractivity contribution < 1.29 is 14.4 Å². The number of nitriles is 1. The van der Waals surface area contributed by atoms with Gasteiger partial charge in [-0.15, -0.1) is 0 Å². The lowest BCUT2D eigenvalue weighted by atomic mass is 10.1. The summed E-state index contributed by atoms with van der Waals surface area (Å²) in [6.07, 6.45) is 1.21. The zero-order valence-electron chi connectivity index (χ0n) is 13.6. The summed E-state index contributed by atoms with van der Waals surface area (Å²) >= 11 is 5.85. The number of oxime groups is 1. The number of hydrogen-bond donors (Lipinski definition) is 2. The molecule has 0 atom stereocenters. The van der Waals surface area contributed by atoms with Gasteiger partial charge in [0.1, 0.15) is 6.21 Å². The Morgan fingerprint density at radius 3 is 2.81 bits per heavy atom. The molecule has 27 heavy (non-hydrogen) atoms. The van der Waals surface area contributed by atoms with Gasteiger partial charge in [-0.2, -0.15) is 10.7 Å². The number of aromatic nitrogens is 2. The number of halogens is 1. The maximum absolute atomic E-state index is 12.2. The molecule has 134 valence electrons. The van der Waals surface area contributed by atoms with Gasteiger partial charge in [0.15, 0.2) is 5.69 Å². The number of benzene rings is 2. The minimum Gasteiger partial charge on any atom is -0.302 e. The molecule has 3 rings (SSSR count). The lowest BCUT2D eigenvalue weighted by Crippen LogP contribution is -2.13. The number of nitrogens with one attached hydrogen (secondary N) is 2. The molecule has 0 unspecified atom stereocenters. The van der Waals surface area contributed by atoms with Crippen LogP contribution in [-0.4, -0.2) is 22.4 Å². The van der Waals surface area contributed by atoms with Gasteiger partial charge in [-0.1, -0.05) is 22.8 Å². The predicted octanol–water partition coefficient (Wildman–Crippen LogP) is 3.22. The van der Waals surface area contributed by atoms with Crippen molar-refractivity contribution >= 4 is 35.2 Å². The van der Waals surface area contributed by atoms with Crippen molar-refractivity contribution in [2.75, 3.05) is 10.8 Å². The van der Waals surface area contributed by atoms with Crippen molar-refractivity contribution in [3.63, 3.8) is 0 Å². The van der Waals surface area contributed by atoms with Crippen LogP contribution in [-0.2, 0) is 4.94 Å². The fraction of sp³-hybridized carbons (Fsp3) is 0. The van der Waals surface area contributed by atoms with E-state index in [0.29, 0.717) is 21.8 Å². The summed E-state index contributed by atoms with van der Waals surface area (Å²) in [6.45, 7) is 0. The molecule has 10 heteroatoms. The third-order valence-electron chi connectivity index (χ3n) is 3.24. The monoisotopic (exact) mass is 382 g/mol. The van der Waals surface area contributed by atoms with Crippen molar-refractivity contribution in [1.29, 1.82) is 5.26 Å². The Morgan fingerprint density at radius 1 is 1.26 bits per heavy atom. The van der Waals surface area contributed by atoms with Crippen molar-refractivity contribution in [3.05, 3.63) is 70.4 Å². The molecule has 1 aromatic heterocycles. The highest BCUT2D eigenvalue weighted by molar-refractivity contribution is 6.30. The van der Waals surface area contributed by atoms with Gasteiger partial charge in [-0.3, -0.25) is 9.73 Å². The highest BCUT2D eigenvalue weighted by Crippen LogP contribution is 2.15. The molecule has 1 heterocycles. The summed E-state index contributed by atoms with van der Waals surface area (Å²) in [6, 6.07) is 14.9. The van der Waals surface area contributed by atoms with Crippen molar-refractivity contribution in [3.8, 4) is 6.07 Å². The van der Waals surface area contributed by atoms with Gasteiger partial charge < -0.3 is 5.32 Å². The van der Waals surface area contributed by atoms with Gasteiger partial charge in [0.05, 0.1) is 17.3 Å². The number of carbonyl (C=O) groups excluding carboxylic acids is 1. The van der Waals surface area contributed by atoms with Crippen LogP contribution in [0.3, 0.4) is 0 Å². The van der Waals surface area contributed by atoms with Crippen LogP contribution in [0.25, 0.3) is 0 Å². The third kappa shape index (κ3) is 4.81. The topological polar surface area (TPSA) is 125 Å². The molecule has 0 bridgehead atoms. The fourth-order valence-corrected chi connectivity index (χ4v) is 2.14. The maximum atomic E-state index is 12.2. The minimum absolute atomic E-state index is 0.0689. The van der Waals surface area contributed by atoms with Crippen LogP contribution in [0, 0.1) is 11.3 Å². The summed E-state index contributed by atoms with van der Waals surface area (Å²) < 4.78 is 4.61. The molecular weight excluding hydrogens is 372 g/mol. The molecule has 2 N–H and O–H groups in total. The molecule has 0 saturated heterocycles. The average molecular weight is 383 g/mol. The second kappa shape index (κ2) is 8.46. The molecule has 9 nitrogen and oxygen atoms in total. The molecular formula is C17H11ClN6O3. The lowest BCUT2D eigenvalue weighted by Gasteiger charge is -2.02. The Balaban J connectivity index is 1.59. The van der Waals surface area contributed by atoms with E-state index in [4.69, 9.17) is 21.8 Å². The van der Waals surface area contributed by atoms with Crippen LogP contribution in [0.1, 0.15) is 21.6 Å². The number of anilines is 2. The number of carbonyl (C=O) groups is 1. The summed E-state index contributed by atoms with van der Waals surface area (Å²) in [5.41, 5.74) is 4.13. The second-order valence-corrected chi connectivity index (χ2v) is 5.52. The first-order chi connectivity index (χ1) is 13.2. The number of amides is 1. The fourth-order valence-electron chi connectivity index (χ4n) is 1.95. The Bertz CT molecular complexity index is 1010. The SMILES string of the molecule is N#Cc1ccc(C(=O)Nc2nonc2/C=N/ONc2cccc(Cl)c2)cc1. The molecule has 0 saturated carbocycles. The first kappa shape index (κ1) is 17.9. The van der Waals surface area contributed by atoms with Crippen LogP contribution < -0.4 is 10.8 Å². The Labute approximate surface area is 158 Å². The van der Waals surface area contributed by atoms with Crippen LogP contribution in [0.15, 0.2) is 58.3 Å². The molecule has 0 fully saturated rings. The Morgan fingerprint density at radius 2 is 2.07 bits per heavy atom. The lowest BCUT2D eigenvalue weighted by molar-refractivity contribution is 0.102. The van der Waals surface area contributed by atoms with Gasteiger partial charge in [0.25, 0.3) is 5.91 Å². The van der Waals surface area contributed by atoms with Crippen LogP contribution in [0.5, 0.6) is 0 Å². The molecule has 1 amide bonds. The van der Waals surface area contributed by atoms with Crippen molar-refractivity contribution in [2.45, 2.75) is 0 Å². The first-order valence-corrected chi connectivity index (χ1v) is 7.88. The Hall–Kier alpha value is -3.90. The predicted molar refractivity (Wildman–Crippen MR) is 97.2 cm³/mol. The summed E-state index contributed by atoms with van der Waals surface area (Å²) in [5, 5.41) is 22.8. The van der Waals surface area contributed by atoms with Gasteiger partial charge in [0.2, 0.25) is 5.82 Å². The second-order valence-electron chi connectivity index (χ2n) is 5.08. The van der Waals surface area contributed by atoms with Crippen molar-refractivity contribution in [2.24, 2.45) is 5.16 Å². The van der Waals surface area contributed by atoms with E-state index in [-0.39, 0.29) is 11.5 Å². The zero-order valence-corrected chi connectivity index (χ0v) is 14.3. The molecule has 3 aromatic rings. The highest BCUT2D eigenvalue weighted by atomic mass is 35.5. The van der Waals surface area contributed by atoms with Crippen molar-refractivity contribution in [1.82, 2.24) is 10.3 Å². The van der Waals surface area contributed by atoms with Crippen LogP contribution in [0.4, 0.5) is 11.5 Å². The van der Waals surface area contributed by atoms with E-state index in [1.165, 1.54) is 30.5 Å². The van der Waals surface area contributed by atoms with Gasteiger partial charge in [-0.05, 0) is 52.8 Å². The Kier molecular flexibility index (Phi) is 5.61. The molecule has 0 spiro atoms. The third-order valence-corrected chi connectivity index (χ3v) is 3.47. The minimum atomic E-state index is -0.442. The number of rotatable bonds is 6. The number of nitrogens with zero attached hydrogens (tertiary/aromatic N) is 4. The zero-order chi connectivity index (χ0) is 19.1. The van der Waals surface area contributed by atoms with Gasteiger partial charge in [-0.25, -0.2) is 4.63 Å². The van der Waals surface area contributed by atoms with E-state index in [1.54, 1.807) is 24.3 Å². The molecule has 0 aliphatic carbocycles. The van der Waals surface area contributed by atoms with E-state index in [2.05, 4.69) is 30.9 Å². The quantitative estimate of drug-likeness (QED) is 0.495. The molecule has 0 aliphatic rings. The summed E-state index contributed by atoms with van der Waals surface area (Å²) in [5.74, 6) is -0.373. The standard InChI is InChI=1S/C17H11ClN6O3/c18-13-2-1-3-14(8-13)22-26-20-10-15-16(24-27-23-15)21-17(25)12-6-4-11(9-19)5-7-12/h1-8,10,22H,(H,21,24,25)/b20-10+. The van der Waals surface area contributed by atoms with E-state index in [0.717, 1.165) is 0 Å². The van der Waals surface area contributed by atoms with E-state index < -0.39 is 5.91 Å². The summed E-state index contributed by atoms with van der Waals surface area (Å²) in [7, 11) is 0. The smallest absolute Gasteiger partial charge is 0.256 e. The van der Waals surface area contributed by atoms with Crippen LogP contribution in [0.2, 0.25) is 5.02 Å². The number of hydrogen-bond acceptors (Lipinski definition) is 8. The highest BCUT2D eigenvalue weighted by Gasteiger charge is 2.13. The van der Waals surface area contributed by atoms with Gasteiger partial charge >= 0.3 is 0 Å². The van der Waals surface area contributed by atoms with Gasteiger partial charge in [0, 0.05) is 10.6 Å². The van der Waals surface area contributed by atoms with E-state index in [9.17, 15) is 4.79 Å². The largest absolute Gasteiger partial charge is 0.302 e. The van der Waals surface area contributed by atoms with E-state index >= 15 is 0 Å². The van der Waals surface area contributed by atoms with E-state index in [1.807, 2.05) is 6.07 Å².